The number of carboxylic acids is 2. The third kappa shape index (κ3) is 39.8. The van der Waals surface area contributed by atoms with Crippen molar-refractivity contribution < 1.29 is 139 Å². The zero-order valence-corrected chi connectivity index (χ0v) is 93.3. The minimum Gasteiger partial charge on any atom is -1.00 e. The van der Waals surface area contributed by atoms with Gasteiger partial charge in [-0.3, -0.25) is 28.4 Å². The van der Waals surface area contributed by atoms with Crippen molar-refractivity contribution in [1.29, 1.82) is 0 Å². The molecule has 12 aliphatic rings. The van der Waals surface area contributed by atoms with E-state index in [-0.39, 0.29) is 121 Å². The molecule has 12 fully saturated rings. The van der Waals surface area contributed by atoms with Crippen molar-refractivity contribution in [2.75, 3.05) is 24.4 Å². The molecule has 144 heavy (non-hydrogen) atoms. The normalized spacial score (nSPS) is 30.2. The number of anilines is 2. The topological polar surface area (TPSA) is 533 Å². The molecule has 9 unspecified atom stereocenters. The van der Waals surface area contributed by atoms with Crippen LogP contribution in [-0.2, 0) is 71.7 Å². The van der Waals surface area contributed by atoms with Crippen molar-refractivity contribution in [2.45, 2.75) is 414 Å². The summed E-state index contributed by atoms with van der Waals surface area (Å²) in [6, 6.07) is 11.4. The number of fused-ring (bicyclic) bond motifs is 12. The molecule has 0 amide bonds. The van der Waals surface area contributed by atoms with Crippen LogP contribution in [0.2, 0.25) is 20.6 Å². The predicted molar refractivity (Wildman–Crippen MR) is 554 cm³/mol. The van der Waals surface area contributed by atoms with Gasteiger partial charge in [-0.05, 0) is 290 Å². The van der Waals surface area contributed by atoms with Gasteiger partial charge in [0.1, 0.15) is 53.0 Å². The summed E-state index contributed by atoms with van der Waals surface area (Å²) in [6.07, 6.45) is 25.0. The quantitative estimate of drug-likeness (QED) is 0.0123. The van der Waals surface area contributed by atoms with E-state index >= 15 is 0 Å². The Balaban J connectivity index is 0.000000817. The molecule has 5 radical (unpaired) electrons. The number of Topliss-reactive ketones (excluding diaryl/α,β-unsaturated/α-hetero) is 5. The molecular weight excluding hydrogens is 1980 g/mol. The summed E-state index contributed by atoms with van der Waals surface area (Å²) in [6.45, 7) is 39.2. The molecule has 0 aromatic carbocycles. The number of aliphatic carboxylic acids is 2. The van der Waals surface area contributed by atoms with Gasteiger partial charge in [0.05, 0.1) is 45.2 Å². The van der Waals surface area contributed by atoms with Crippen molar-refractivity contribution >= 4 is 197 Å². The fourth-order valence-corrected chi connectivity index (χ4v) is 22.8. The van der Waals surface area contributed by atoms with E-state index in [1.54, 1.807) is 103 Å². The fraction of sp³-hybridized carbons (Fsp3) is 0.713. The Bertz CT molecular complexity index is 4660. The van der Waals surface area contributed by atoms with Crippen molar-refractivity contribution in [1.82, 2.24) is 60.0 Å². The molecule has 12 saturated heterocycles. The van der Waals surface area contributed by atoms with Crippen LogP contribution in [0.4, 0.5) is 25.6 Å². The molecule has 12 bridgehead atoms. The molecule has 0 aliphatic carbocycles. The van der Waals surface area contributed by atoms with Crippen LogP contribution in [0.1, 0.15) is 321 Å². The number of halogens is 6. The molecule has 15 atom stereocenters. The number of ether oxygens (including phenoxy) is 3. The van der Waals surface area contributed by atoms with E-state index in [1.807, 2.05) is 12.1 Å². The third-order valence-corrected chi connectivity index (χ3v) is 28.9. The number of rotatable bonds is 21. The van der Waals surface area contributed by atoms with Crippen LogP contribution in [0.5, 0.6) is 0 Å². The second-order valence-electron chi connectivity index (χ2n) is 43.6. The number of piperidine rings is 6. The average molecular weight is 2130 g/mol. The van der Waals surface area contributed by atoms with Gasteiger partial charge < -0.3 is 115 Å². The minimum atomic E-state index is -1.30. The van der Waals surface area contributed by atoms with Gasteiger partial charge in [0.15, 0.2) is 32.2 Å². The number of aromatic nitrogens is 6. The largest absolute Gasteiger partial charge is 1.00 e. The molecule has 50 heteroatoms. The fourth-order valence-electron chi connectivity index (χ4n) is 22.4. The molecule has 0 saturated carbocycles. The number of hydrogen-bond acceptors (Lipinski definition) is 36. The van der Waals surface area contributed by atoms with Crippen molar-refractivity contribution in [2.24, 2.45) is 16.8 Å². The van der Waals surface area contributed by atoms with E-state index in [1.165, 1.54) is 13.8 Å². The van der Waals surface area contributed by atoms with Gasteiger partial charge in [-0.1, -0.05) is 51.6 Å². The number of alkyl halides is 1. The number of carboxylic acid groups (broad SMARTS) is 2. The molecule has 3 aromatic heterocycles. The van der Waals surface area contributed by atoms with Crippen LogP contribution in [0.25, 0.3) is 0 Å². The van der Waals surface area contributed by atoms with Crippen molar-refractivity contribution in [3.8, 4) is 0 Å². The minimum absolute atomic E-state index is 0. The number of ketones is 5. The number of oxime groups is 1. The Morgan fingerprint density at radius 2 is 0.792 bits per heavy atom. The third-order valence-electron chi connectivity index (χ3n) is 28.1. The second-order valence-corrected chi connectivity index (χ2v) is 45.2. The number of nitrogens with two attached hydrogens (primary N) is 2. The first-order valence-electron chi connectivity index (χ1n) is 47.9. The van der Waals surface area contributed by atoms with Gasteiger partial charge >= 0.3 is 53.8 Å². The molecule has 3 aromatic rings. The molecule has 793 valence electrons. The Kier molecular flexibility index (Phi) is 52.2. The molecule has 38 nitrogen and oxygen atoms in total. The van der Waals surface area contributed by atoms with Gasteiger partial charge in [0.25, 0.3) is 37.1 Å². The van der Waals surface area contributed by atoms with Crippen LogP contribution in [0, 0.1) is 0 Å². The SMILES string of the molecule is CC(=O)CCC(C)=O.CC(C)(C)OC(=O)OC(=O)OC(C)(C)C.CC12CCC(C)(CC(=NO)C1)N2[B]C=O.CC12CCC(C)(CC(=O)C1)N2.CC12CCC(C)(CC(=O)C1)N2[B]C=O.CN(c1ccc(Cl)nn1)C1C[C@]2(C)CC[C@](C)(C1)N2[B]C=O.C[C@]12CC[C@](C)(CC(N)C1)N2[B]C=O.C[C@]12CC[C@](C)(CC(Nc3ccc(Cl)nn3)C1)N2[B]C=O.Cl.Clc1ccc(Cl)nn1.NO.O=C(O)CC(=O)CC(=O)O.[2H]CF.[H-].[Na+]. The van der Waals surface area contributed by atoms with E-state index in [0.717, 1.165) is 190 Å². The van der Waals surface area contributed by atoms with E-state index in [2.05, 4.69) is 176 Å². The number of nitrogens with zero attached hydrogens (tertiary/aromatic N) is 13. The maximum absolute atomic E-state index is 11.6. The average Bonchev–Trinajstić information content (AvgIpc) is 1.62. The summed E-state index contributed by atoms with van der Waals surface area (Å²) in [4.78, 5) is 162. The first-order chi connectivity index (χ1) is 66.2. The van der Waals surface area contributed by atoms with Crippen molar-refractivity contribution in [3.63, 3.8) is 0 Å². The number of hydrogen-bond donors (Lipinski definition) is 8. The molecule has 10 N–H and O–H groups in total. The molecule has 12 aliphatic heterocycles. The van der Waals surface area contributed by atoms with Gasteiger partial charge in [-0.15, -0.1) is 43.0 Å². The van der Waals surface area contributed by atoms with Crippen LogP contribution in [0.15, 0.2) is 41.6 Å². The zero-order chi connectivity index (χ0) is 109. The number of carbonyl (C=O) groups excluding carboxylic acids is 12. The Morgan fingerprint density at radius 3 is 1.08 bits per heavy atom. The van der Waals surface area contributed by atoms with Crippen LogP contribution in [-0.4, -0.2) is 312 Å². The van der Waals surface area contributed by atoms with Gasteiger partial charge in [-0.2, -0.15) is 0 Å². The summed E-state index contributed by atoms with van der Waals surface area (Å²) in [7, 11) is 9.46. The van der Waals surface area contributed by atoms with Gasteiger partial charge in [-0.25, -0.2) is 15.5 Å². The summed E-state index contributed by atoms with van der Waals surface area (Å²) in [5.74, 6) is 2.64. The smallest absolute Gasteiger partial charge is 1.00 e. The maximum atomic E-state index is 11.6. The summed E-state index contributed by atoms with van der Waals surface area (Å²) < 4.78 is 29.3. The summed E-state index contributed by atoms with van der Waals surface area (Å²) in [5.41, 5.74) is 5.84. The summed E-state index contributed by atoms with van der Waals surface area (Å²) in [5, 5.41) is 66.2. The van der Waals surface area contributed by atoms with Gasteiger partial charge in [0.2, 0.25) is 0 Å². The Hall–Kier alpha value is -6.97. The molecule has 0 spiro atoms. The van der Waals surface area contributed by atoms with E-state index in [9.17, 15) is 71.5 Å². The predicted octanol–water partition coefficient (Wildman–Crippen LogP) is 10.4. The number of carbonyl (C=O) groups is 14. The second kappa shape index (κ2) is 57.3. The monoisotopic (exact) mass is 2120 g/mol. The Morgan fingerprint density at radius 1 is 0.507 bits per heavy atom. The van der Waals surface area contributed by atoms with Gasteiger partial charge in [0, 0.05) is 143 Å². The van der Waals surface area contributed by atoms with Crippen LogP contribution < -0.4 is 56.7 Å². The van der Waals surface area contributed by atoms with Crippen LogP contribution >= 0.6 is 58.8 Å². The first kappa shape index (κ1) is 131. The standard InChI is InChI=1S/C15H21BClN4O.C14H19BClN4O.C10H16BN2O2.C10H18BN2O.C10H15BNO2.C10H18O5.C9H15NO.C6H10O2.C5H6O5.C4H2Cl2N2.CH3F.ClH.H3NO.Na.H/c1-14-6-7-15(2,21(14)16-10-22)9-11(8-14)20(3)13-5-4-12(17)18-19-13;1-13-5-6-14(2,20(13)15-9-21)8-10(7-13)17-12-4-3-11(16)18-19-12;1-9-3-4-10(2,13(9)11-7-14)6-8(5-9)12-15;1-9-3-4-10(2,6-8(12)5-9)13(9)11-7-14;1-9-3-4-10(2,6-8(14)5-9)12(9)11-7-13;1-9(2,3)14-7(11)13-8(12)15-10(4,5)6;1-8-3-4-9(2,10-8)6-7(11)5-8;1-5(7)3-4-6(2)8;6-3(1-4(7)8)2-5(9)10;5-3-1-2-4(6)8-7-3;1-2;;1-2;;/h4-5,10-11H,6-9H2,1-3H3;3-4,9-10H,5-8H2,1-2H3,(H,17,19);7,15H,3-6H2,1-2H3;7-8H,3-6,12H2,1-2H3;7H,3-6H2,1-2H3;1-6H3;10H,3-6H2,1-2H3;3-4H2,1-2H3;1-2H2,(H,7,8)(H,9,10);1-2H;1H3;1H;2H,1H2;;/q;;;;;;;;;;;;;+1;-1/t11?,14-,15+;10?,13-,14+;;8?,9-,10+;;;;;;;;;;;/i;;;;;;;;;;1D;;;;. The van der Waals surface area contributed by atoms with E-state index in [0.29, 0.717) is 76.0 Å². The number of nitrogens with one attached hydrogen (secondary N) is 2. The van der Waals surface area contributed by atoms with Crippen molar-refractivity contribution in [3.05, 3.63) is 57.0 Å². The molecular formula is C94H148B5Cl5FN17NaO21. The van der Waals surface area contributed by atoms with E-state index in [4.69, 9.17) is 83.6 Å². The maximum Gasteiger partial charge on any atom is 1.00 e. The summed E-state index contributed by atoms with van der Waals surface area (Å²) >= 11 is 22.3. The van der Waals surface area contributed by atoms with Crippen LogP contribution in [0.3, 0.4) is 0 Å². The molecule has 15 heterocycles. The zero-order valence-electron chi connectivity index (χ0n) is 89.5. The van der Waals surface area contributed by atoms with E-state index < -0.39 is 61.2 Å². The Labute approximate surface area is 901 Å². The molecule has 15 rings (SSSR count). The first-order valence-corrected chi connectivity index (χ1v) is 48.8.